The summed E-state index contributed by atoms with van der Waals surface area (Å²) in [6.45, 7) is 1.45. The van der Waals surface area contributed by atoms with Gasteiger partial charge >= 0.3 is 35.7 Å². The Kier molecular flexibility index (Phi) is 12.1. The molecule has 0 aromatic heterocycles. The lowest BCUT2D eigenvalue weighted by Crippen LogP contribution is -2.36. The fraction of sp³-hybridized carbons (Fsp3) is 0.442. The summed E-state index contributed by atoms with van der Waals surface area (Å²) in [4.78, 5) is 47.6. The van der Waals surface area contributed by atoms with Crippen molar-refractivity contribution in [3.63, 3.8) is 0 Å². The molecule has 0 aliphatic heterocycles. The Morgan fingerprint density at radius 1 is 0.582 bits per heavy atom. The normalized spacial score (nSPS) is 23.4. The molecule has 3 aliphatic carbocycles. The van der Waals surface area contributed by atoms with Gasteiger partial charge in [0.05, 0.1) is 11.8 Å². The summed E-state index contributed by atoms with van der Waals surface area (Å²) in [7, 11) is 0. The molecular weight excluding hydrogens is 720 g/mol. The van der Waals surface area contributed by atoms with Gasteiger partial charge in [-0.1, -0.05) is 84.9 Å². The summed E-state index contributed by atoms with van der Waals surface area (Å²) in [6, 6.07) is 27.6. The minimum atomic E-state index is -3.49. The zero-order valence-electron chi connectivity index (χ0n) is 30.7. The van der Waals surface area contributed by atoms with Crippen molar-refractivity contribution in [3.8, 4) is 0 Å². The number of fused-ring (bicyclic) bond motifs is 4. The van der Waals surface area contributed by atoms with E-state index in [0.717, 1.165) is 32.7 Å². The Labute approximate surface area is 316 Å². The first-order valence-corrected chi connectivity index (χ1v) is 18.6. The molecule has 3 saturated carbocycles. The fourth-order valence-electron chi connectivity index (χ4n) is 7.93. The highest BCUT2D eigenvalue weighted by molar-refractivity contribution is 5.87. The second kappa shape index (κ2) is 16.8. The van der Waals surface area contributed by atoms with Crippen LogP contribution in [-0.2, 0) is 51.3 Å². The molecule has 12 heteroatoms. The van der Waals surface area contributed by atoms with Gasteiger partial charge in [-0.25, -0.2) is 9.59 Å². The predicted molar refractivity (Wildman–Crippen MR) is 195 cm³/mol. The molecule has 0 radical (unpaired) electrons. The first kappa shape index (κ1) is 39.7. The molecule has 4 atom stereocenters. The number of hydrogen-bond donors (Lipinski definition) is 0. The number of alkyl halides is 4. The molecule has 8 nitrogen and oxygen atoms in total. The third kappa shape index (κ3) is 9.82. The van der Waals surface area contributed by atoms with Gasteiger partial charge in [-0.2, -0.15) is 17.6 Å². The van der Waals surface area contributed by atoms with Crippen molar-refractivity contribution in [2.45, 2.75) is 96.1 Å². The summed E-state index contributed by atoms with van der Waals surface area (Å²) >= 11 is 0. The maximum absolute atomic E-state index is 13.0. The van der Waals surface area contributed by atoms with Crippen molar-refractivity contribution < 1.29 is 55.7 Å². The lowest BCUT2D eigenvalue weighted by molar-refractivity contribution is -0.178. The molecule has 0 saturated heterocycles. The van der Waals surface area contributed by atoms with Crippen LogP contribution in [0.15, 0.2) is 84.9 Å². The molecule has 55 heavy (non-hydrogen) atoms. The van der Waals surface area contributed by atoms with E-state index in [1.165, 1.54) is 0 Å². The van der Waals surface area contributed by atoms with Gasteiger partial charge in [-0.15, -0.1) is 0 Å². The number of carbonyl (C=O) groups excluding carboxylic acids is 4. The average molecular weight is 765 g/mol. The largest absolute Gasteiger partial charge is 0.461 e. The van der Waals surface area contributed by atoms with E-state index in [2.05, 4.69) is 0 Å². The van der Waals surface area contributed by atoms with Crippen LogP contribution in [0.5, 0.6) is 0 Å². The smallest absolute Gasteiger partial charge is 0.376 e. The quantitative estimate of drug-likeness (QED) is 0.0895. The fourth-order valence-corrected chi connectivity index (χ4v) is 7.93. The highest BCUT2D eigenvalue weighted by Gasteiger charge is 2.52. The lowest BCUT2D eigenvalue weighted by Gasteiger charge is -2.27. The maximum Gasteiger partial charge on any atom is 0.376 e. The number of halogens is 4. The van der Waals surface area contributed by atoms with E-state index in [4.69, 9.17) is 18.9 Å². The van der Waals surface area contributed by atoms with E-state index < -0.39 is 36.0 Å². The maximum atomic E-state index is 13.0. The number of ether oxygens (including phenoxy) is 4. The third-order valence-electron chi connectivity index (χ3n) is 10.9. The second-order valence-corrected chi connectivity index (χ2v) is 14.9. The van der Waals surface area contributed by atoms with Crippen LogP contribution in [0.25, 0.3) is 21.5 Å². The number of hydrogen-bond acceptors (Lipinski definition) is 8. The van der Waals surface area contributed by atoms with Crippen LogP contribution in [0.1, 0.15) is 69.9 Å². The molecule has 4 unspecified atom stereocenters. The Bertz CT molecular complexity index is 2000. The number of carbonyl (C=O) groups is 4. The van der Waals surface area contributed by atoms with Crippen molar-refractivity contribution in [1.82, 2.24) is 0 Å². The van der Waals surface area contributed by atoms with Gasteiger partial charge < -0.3 is 18.9 Å². The molecule has 0 amide bonds. The van der Waals surface area contributed by atoms with Crippen molar-refractivity contribution in [2.75, 3.05) is 0 Å². The number of rotatable bonds is 10. The van der Waals surface area contributed by atoms with Gasteiger partial charge in [-0.3, -0.25) is 9.59 Å². The van der Waals surface area contributed by atoms with Crippen LogP contribution in [0.3, 0.4) is 0 Å². The zero-order chi connectivity index (χ0) is 39.3. The molecule has 3 aliphatic rings. The molecule has 4 aromatic rings. The van der Waals surface area contributed by atoms with Crippen LogP contribution in [0.2, 0.25) is 0 Å². The van der Waals surface area contributed by atoms with Gasteiger partial charge in [0.25, 0.3) is 0 Å². The summed E-state index contributed by atoms with van der Waals surface area (Å²) in [5.41, 5.74) is 1.89. The van der Waals surface area contributed by atoms with E-state index >= 15 is 0 Å². The molecule has 0 spiro atoms. The first-order chi connectivity index (χ1) is 26.2. The van der Waals surface area contributed by atoms with Gasteiger partial charge in [0.2, 0.25) is 0 Å². The average Bonchev–Trinajstić information content (AvgIpc) is 3.77. The van der Waals surface area contributed by atoms with E-state index in [1.54, 1.807) is 0 Å². The molecule has 292 valence electrons. The Morgan fingerprint density at radius 2 is 1.07 bits per heavy atom. The molecule has 4 aromatic carbocycles. The van der Waals surface area contributed by atoms with E-state index in [0.29, 0.717) is 58.8 Å². The van der Waals surface area contributed by atoms with Crippen molar-refractivity contribution in [2.24, 2.45) is 23.7 Å². The SMILES string of the molecule is CC(F)(F)C(=O)OC1CC2CC1CC2C(=O)OCc1cccc2ccccc12.CC(F)(F)C(=O)OC1CCC(C(=O)OCc2cccc3ccccc23)CC1. The topological polar surface area (TPSA) is 105 Å². The van der Waals surface area contributed by atoms with Crippen LogP contribution in [0, 0.1) is 23.7 Å². The highest BCUT2D eigenvalue weighted by Crippen LogP contribution is 2.50. The lowest BCUT2D eigenvalue weighted by atomic mass is 9.87. The van der Waals surface area contributed by atoms with Crippen molar-refractivity contribution in [1.29, 1.82) is 0 Å². The standard InChI is InChI=1S/C22H22F2O4.C21H22F2O4/c1-22(23,24)21(26)28-19-11-15-9-16(19)10-18(15)20(25)27-12-14-7-4-6-13-5-2-3-8-17(13)14;1-21(22,23)20(25)27-17-11-9-15(10-12-17)19(24)26-13-16-7-4-6-14-5-2-3-8-18(14)16/h2-8,15-16,18-19H,9-12H2,1H3;2-8,15,17H,9-13H2,1H3. The van der Waals surface area contributed by atoms with E-state index in [9.17, 15) is 36.7 Å². The van der Waals surface area contributed by atoms with Crippen LogP contribution in [0.4, 0.5) is 17.6 Å². The third-order valence-corrected chi connectivity index (χ3v) is 10.9. The molecule has 3 fully saturated rings. The monoisotopic (exact) mass is 764 g/mol. The first-order valence-electron chi connectivity index (χ1n) is 18.6. The second-order valence-electron chi connectivity index (χ2n) is 14.9. The van der Waals surface area contributed by atoms with Gasteiger partial charge in [-0.05, 0) is 89.5 Å². The molecule has 0 N–H and O–H groups in total. The van der Waals surface area contributed by atoms with Gasteiger partial charge in [0, 0.05) is 13.8 Å². The summed E-state index contributed by atoms with van der Waals surface area (Å²) in [5.74, 6) is -11.1. The predicted octanol–water partition coefficient (Wildman–Crippen LogP) is 9.14. The minimum absolute atomic E-state index is 0.0216. The Balaban J connectivity index is 0.000000187. The van der Waals surface area contributed by atoms with Crippen LogP contribution >= 0.6 is 0 Å². The number of esters is 4. The molecular formula is C43H44F4O8. The zero-order valence-corrected chi connectivity index (χ0v) is 30.7. The minimum Gasteiger partial charge on any atom is -0.461 e. The molecule has 7 rings (SSSR count). The van der Waals surface area contributed by atoms with Crippen LogP contribution < -0.4 is 0 Å². The molecule has 2 bridgehead atoms. The molecule has 0 heterocycles. The van der Waals surface area contributed by atoms with Gasteiger partial charge in [0.15, 0.2) is 0 Å². The highest BCUT2D eigenvalue weighted by atomic mass is 19.3. The van der Waals surface area contributed by atoms with E-state index in [-0.39, 0.29) is 48.8 Å². The van der Waals surface area contributed by atoms with Crippen LogP contribution in [-0.4, -0.2) is 47.9 Å². The van der Waals surface area contributed by atoms with E-state index in [1.807, 2.05) is 84.9 Å². The van der Waals surface area contributed by atoms with Crippen molar-refractivity contribution >= 4 is 45.4 Å². The summed E-state index contributed by atoms with van der Waals surface area (Å²) in [5, 5.41) is 4.27. The van der Waals surface area contributed by atoms with Crippen molar-refractivity contribution in [3.05, 3.63) is 96.1 Å². The van der Waals surface area contributed by atoms with Gasteiger partial charge in [0.1, 0.15) is 25.4 Å². The number of benzene rings is 4. The Morgan fingerprint density at radius 3 is 1.58 bits per heavy atom. The summed E-state index contributed by atoms with van der Waals surface area (Å²) < 4.78 is 72.7. The summed E-state index contributed by atoms with van der Waals surface area (Å²) in [6.07, 6.45) is 2.28. The Hall–Kier alpha value is -5.00.